The van der Waals surface area contributed by atoms with Crippen molar-refractivity contribution in [3.8, 4) is 0 Å². The van der Waals surface area contributed by atoms with Crippen LogP contribution in [0.25, 0.3) is 0 Å². The molecule has 0 bridgehead atoms. The quantitative estimate of drug-likeness (QED) is 0.858. The second kappa shape index (κ2) is 6.98. The van der Waals surface area contributed by atoms with Gasteiger partial charge in [-0.15, -0.1) is 15.3 Å². The van der Waals surface area contributed by atoms with Crippen LogP contribution in [-0.4, -0.2) is 47.1 Å². The molecule has 1 aliphatic heterocycles. The van der Waals surface area contributed by atoms with E-state index in [0.717, 1.165) is 41.3 Å². The molecule has 1 saturated heterocycles. The van der Waals surface area contributed by atoms with Crippen molar-refractivity contribution in [1.29, 1.82) is 0 Å². The van der Waals surface area contributed by atoms with Crippen molar-refractivity contribution < 1.29 is 4.74 Å². The Morgan fingerprint density at radius 3 is 2.62 bits per heavy atom. The molecule has 24 heavy (non-hydrogen) atoms. The molecule has 1 fully saturated rings. The lowest BCUT2D eigenvalue weighted by Crippen LogP contribution is -2.50. The normalized spacial score (nSPS) is 15.4. The van der Waals surface area contributed by atoms with Gasteiger partial charge in [-0.1, -0.05) is 32.1 Å². The van der Waals surface area contributed by atoms with Gasteiger partial charge in [-0.25, -0.2) is 0 Å². The van der Waals surface area contributed by atoms with Crippen molar-refractivity contribution in [2.24, 2.45) is 5.92 Å². The van der Waals surface area contributed by atoms with Gasteiger partial charge < -0.3 is 15.0 Å². The zero-order valence-corrected chi connectivity index (χ0v) is 15.4. The molecule has 1 aliphatic rings. The van der Waals surface area contributed by atoms with Crippen molar-refractivity contribution in [1.82, 2.24) is 20.4 Å². The highest BCUT2D eigenvalue weighted by molar-refractivity contribution is 7.15. The maximum Gasteiger partial charge on any atom is 0.205 e. The average Bonchev–Trinajstić information content (AvgIpc) is 2.93. The molecule has 0 amide bonds. The molecule has 2 aromatic rings. The minimum atomic E-state index is 0.0380. The van der Waals surface area contributed by atoms with Gasteiger partial charge in [0.05, 0.1) is 5.69 Å². The van der Waals surface area contributed by atoms with Crippen LogP contribution in [0.15, 0.2) is 12.1 Å². The van der Waals surface area contributed by atoms with Crippen LogP contribution in [0.4, 0.5) is 10.9 Å². The van der Waals surface area contributed by atoms with Gasteiger partial charge in [-0.3, -0.25) is 0 Å². The van der Waals surface area contributed by atoms with E-state index in [0.29, 0.717) is 12.5 Å². The summed E-state index contributed by atoms with van der Waals surface area (Å²) >= 11 is 1.54. The Kier molecular flexibility index (Phi) is 4.96. The van der Waals surface area contributed by atoms with E-state index >= 15 is 0 Å². The molecule has 2 aromatic heterocycles. The lowest BCUT2D eigenvalue weighted by Gasteiger charge is -2.40. The van der Waals surface area contributed by atoms with Crippen molar-refractivity contribution in [3.05, 3.63) is 22.8 Å². The third-order valence-corrected chi connectivity index (χ3v) is 4.83. The Morgan fingerprint density at radius 2 is 2.00 bits per heavy atom. The number of ether oxygens (including phenoxy) is 1. The third kappa shape index (κ3) is 3.99. The molecule has 1 N–H and O–H groups in total. The molecule has 3 rings (SSSR count). The molecule has 0 aromatic carbocycles. The summed E-state index contributed by atoms with van der Waals surface area (Å²) in [5.74, 6) is 1.54. The molecule has 0 spiro atoms. The lowest BCUT2D eigenvalue weighted by atomic mass is 9.92. The molecule has 0 atom stereocenters. The van der Waals surface area contributed by atoms with Gasteiger partial charge in [-0.2, -0.15) is 5.10 Å². The van der Waals surface area contributed by atoms with Gasteiger partial charge in [0.25, 0.3) is 0 Å². The maximum absolute atomic E-state index is 5.05. The molecular formula is C16H24N6OS. The Labute approximate surface area is 146 Å². The Bertz CT molecular complexity index is 660. The molecular weight excluding hydrogens is 324 g/mol. The van der Waals surface area contributed by atoms with E-state index in [9.17, 15) is 0 Å². The van der Waals surface area contributed by atoms with Gasteiger partial charge in [0, 0.05) is 38.1 Å². The highest BCUT2D eigenvalue weighted by atomic mass is 32.1. The summed E-state index contributed by atoms with van der Waals surface area (Å²) in [5.41, 5.74) is 1.06. The summed E-state index contributed by atoms with van der Waals surface area (Å²) < 4.78 is 5.05. The summed E-state index contributed by atoms with van der Waals surface area (Å²) in [4.78, 5) is 2.25. The molecule has 0 saturated carbocycles. The summed E-state index contributed by atoms with van der Waals surface area (Å²) in [6.07, 6.45) is 0. The first-order chi connectivity index (χ1) is 11.5. The highest BCUT2D eigenvalue weighted by Gasteiger charge is 2.28. The van der Waals surface area contributed by atoms with Crippen LogP contribution in [0, 0.1) is 5.92 Å². The average molecular weight is 348 g/mol. The number of methoxy groups -OCH3 is 1. The van der Waals surface area contributed by atoms with E-state index in [1.807, 2.05) is 0 Å². The van der Waals surface area contributed by atoms with Crippen molar-refractivity contribution in [2.75, 3.05) is 37.0 Å². The van der Waals surface area contributed by atoms with Crippen LogP contribution in [0.1, 0.15) is 31.5 Å². The third-order valence-electron chi connectivity index (χ3n) is 3.98. The first kappa shape index (κ1) is 17.0. The summed E-state index contributed by atoms with van der Waals surface area (Å²) in [6.45, 7) is 9.82. The van der Waals surface area contributed by atoms with E-state index in [1.165, 1.54) is 0 Å². The lowest BCUT2D eigenvalue weighted by molar-refractivity contribution is 0.184. The van der Waals surface area contributed by atoms with Gasteiger partial charge >= 0.3 is 0 Å². The smallest absolute Gasteiger partial charge is 0.205 e. The topological polar surface area (TPSA) is 76.1 Å². The Morgan fingerprint density at radius 1 is 1.21 bits per heavy atom. The van der Waals surface area contributed by atoms with Crippen LogP contribution >= 0.6 is 11.3 Å². The van der Waals surface area contributed by atoms with E-state index in [1.54, 1.807) is 18.4 Å². The predicted octanol–water partition coefficient (Wildman–Crippen LogP) is 2.32. The van der Waals surface area contributed by atoms with Gasteiger partial charge in [0.15, 0.2) is 5.82 Å². The standard InChI is InChI=1S/C16H24N6OS/c1-16(2,3)12-5-6-13(19-18-12)22-8-11(9-22)7-17-15-21-20-14(24-15)10-23-4/h5-6,11H,7-10H2,1-4H3,(H,17,21). The molecule has 0 unspecified atom stereocenters. The zero-order valence-electron chi connectivity index (χ0n) is 14.6. The molecule has 0 aliphatic carbocycles. The molecule has 130 valence electrons. The molecule has 8 heteroatoms. The van der Waals surface area contributed by atoms with Crippen LogP contribution in [0.5, 0.6) is 0 Å². The number of aromatic nitrogens is 4. The van der Waals surface area contributed by atoms with E-state index in [4.69, 9.17) is 4.74 Å². The highest BCUT2D eigenvalue weighted by Crippen LogP contribution is 2.25. The molecule has 0 radical (unpaired) electrons. The SMILES string of the molecule is COCc1nnc(NCC2CN(c3ccc(C(C)(C)C)nn3)C2)s1. The van der Waals surface area contributed by atoms with Crippen molar-refractivity contribution in [3.63, 3.8) is 0 Å². The van der Waals surface area contributed by atoms with Crippen LogP contribution in [0.3, 0.4) is 0 Å². The largest absolute Gasteiger partial charge is 0.377 e. The first-order valence-corrected chi connectivity index (χ1v) is 8.91. The van der Waals surface area contributed by atoms with Gasteiger partial charge in [-0.05, 0) is 12.1 Å². The van der Waals surface area contributed by atoms with E-state index in [2.05, 4.69) is 63.5 Å². The van der Waals surface area contributed by atoms with Crippen molar-refractivity contribution in [2.45, 2.75) is 32.8 Å². The number of hydrogen-bond acceptors (Lipinski definition) is 8. The van der Waals surface area contributed by atoms with Crippen LogP contribution < -0.4 is 10.2 Å². The zero-order chi connectivity index (χ0) is 17.2. The maximum atomic E-state index is 5.05. The fourth-order valence-corrected chi connectivity index (χ4v) is 3.24. The summed E-state index contributed by atoms with van der Waals surface area (Å²) in [5, 5.41) is 22.0. The Hall–Kier alpha value is -1.80. The van der Waals surface area contributed by atoms with Gasteiger partial charge in [0.2, 0.25) is 5.13 Å². The van der Waals surface area contributed by atoms with E-state index in [-0.39, 0.29) is 5.41 Å². The second-order valence-electron chi connectivity index (χ2n) is 7.11. The fraction of sp³-hybridized carbons (Fsp3) is 0.625. The Balaban J connectivity index is 1.45. The summed E-state index contributed by atoms with van der Waals surface area (Å²) in [7, 11) is 1.66. The van der Waals surface area contributed by atoms with E-state index < -0.39 is 0 Å². The second-order valence-corrected chi connectivity index (χ2v) is 8.17. The number of hydrogen-bond donors (Lipinski definition) is 1. The minimum absolute atomic E-state index is 0.0380. The monoisotopic (exact) mass is 348 g/mol. The number of nitrogens with one attached hydrogen (secondary N) is 1. The fourth-order valence-electron chi connectivity index (χ4n) is 2.52. The summed E-state index contributed by atoms with van der Waals surface area (Å²) in [6, 6.07) is 4.14. The molecule has 3 heterocycles. The van der Waals surface area contributed by atoms with Crippen LogP contribution in [-0.2, 0) is 16.8 Å². The van der Waals surface area contributed by atoms with Gasteiger partial charge in [0.1, 0.15) is 11.6 Å². The van der Waals surface area contributed by atoms with Crippen LogP contribution in [0.2, 0.25) is 0 Å². The number of nitrogens with zero attached hydrogens (tertiary/aromatic N) is 5. The number of anilines is 2. The number of rotatable bonds is 6. The van der Waals surface area contributed by atoms with Crippen molar-refractivity contribution >= 4 is 22.3 Å². The molecule has 7 nitrogen and oxygen atoms in total. The minimum Gasteiger partial charge on any atom is -0.377 e. The predicted molar refractivity (Wildman–Crippen MR) is 95.5 cm³/mol. The first-order valence-electron chi connectivity index (χ1n) is 8.10.